The molecule has 0 unspecified atom stereocenters. The fourth-order valence-electron chi connectivity index (χ4n) is 15.0. The maximum Gasteiger partial charge on any atom is 0.0573 e. The van der Waals surface area contributed by atoms with E-state index in [2.05, 4.69) is 198 Å². The van der Waals surface area contributed by atoms with Gasteiger partial charge in [-0.2, -0.15) is 0 Å². The summed E-state index contributed by atoms with van der Waals surface area (Å²) in [6.07, 6.45) is 0. The fraction of sp³-hybridized carbons (Fsp3) is 1.00. The molecule has 0 aliphatic carbocycles. The molecule has 48 heavy (non-hydrogen) atoms. The van der Waals surface area contributed by atoms with Crippen LogP contribution in [0.5, 0.6) is 0 Å². The summed E-state index contributed by atoms with van der Waals surface area (Å²) in [5, 5.41) is 0. The first-order chi connectivity index (χ1) is 20.4. The molecule has 0 radical (unpaired) electrons. The van der Waals surface area contributed by atoms with E-state index >= 15 is 0 Å². The van der Waals surface area contributed by atoms with Crippen LogP contribution in [-0.2, 0) is 0 Å². The van der Waals surface area contributed by atoms with Crippen LogP contribution in [0.2, 0.25) is 200 Å². The van der Waals surface area contributed by atoms with Gasteiger partial charge in [-0.1, -0.05) is 228 Å². The lowest BCUT2D eigenvalue weighted by Crippen LogP contribution is -2.79. The maximum atomic E-state index is 3.17. The van der Waals surface area contributed by atoms with Crippen molar-refractivity contribution in [2.45, 2.75) is 228 Å². The zero-order valence-corrected chi connectivity index (χ0v) is 51.5. The summed E-state index contributed by atoms with van der Waals surface area (Å²) in [7, 11) is -16.7. The highest BCUT2D eigenvalue weighted by Crippen LogP contribution is 2.60. The third-order valence-electron chi connectivity index (χ3n) is 12.6. The van der Waals surface area contributed by atoms with Gasteiger partial charge in [-0.3, -0.25) is 0 Å². The summed E-state index contributed by atoms with van der Waals surface area (Å²) >= 11 is 0. The molecule has 0 saturated heterocycles. The van der Waals surface area contributed by atoms with Gasteiger partial charge in [-0.15, -0.1) is 0 Å². The van der Waals surface area contributed by atoms with Gasteiger partial charge in [0.2, 0.25) is 0 Å². The Bertz CT molecular complexity index is 892. The summed E-state index contributed by atoms with van der Waals surface area (Å²) in [5.41, 5.74) is 1.85. The van der Waals surface area contributed by atoms with Crippen LogP contribution in [0.3, 0.4) is 0 Å². The van der Waals surface area contributed by atoms with E-state index in [1.54, 1.807) is 0 Å². The van der Waals surface area contributed by atoms with Crippen LogP contribution in [0.25, 0.3) is 0 Å². The van der Waals surface area contributed by atoms with E-state index in [-0.39, 0.29) is 0 Å². The van der Waals surface area contributed by atoms with Crippen molar-refractivity contribution in [1.82, 2.24) is 0 Å². The van der Waals surface area contributed by atoms with Crippen molar-refractivity contribution in [3.8, 4) is 0 Å². The fourth-order valence-corrected chi connectivity index (χ4v) is 232. The molecule has 0 saturated carbocycles. The third-order valence-corrected chi connectivity index (χ3v) is 133. The first-order valence-corrected chi connectivity index (χ1v) is 60.2. The molecule has 0 amide bonds. The minimum Gasteiger partial charge on any atom is -0.0698 e. The average molecular weight is 866 g/mol. The smallest absolute Gasteiger partial charge is 0.0573 e. The molecule has 0 aliphatic heterocycles. The molecule has 0 aliphatic rings. The second-order valence-corrected chi connectivity index (χ2v) is 104. The molecule has 0 nitrogen and oxygen atoms in total. The second-order valence-electron chi connectivity index (χ2n) is 26.1. The number of hydrogen-bond donors (Lipinski definition) is 0. The lowest BCUT2D eigenvalue weighted by molar-refractivity contribution is 0.986. The van der Waals surface area contributed by atoms with Gasteiger partial charge in [-0.25, -0.2) is 0 Å². The highest BCUT2D eigenvalue weighted by Gasteiger charge is 2.68. The van der Waals surface area contributed by atoms with Gasteiger partial charge in [0.25, 0.3) is 0 Å². The van der Waals surface area contributed by atoms with E-state index in [1.807, 2.05) is 0 Å². The number of hydrogen-bond acceptors (Lipinski definition) is 0. The SMILES string of the molecule is CC(C)[Si](C([Si](C)(C)C)[Si](C)(C)C)(C([Si](C)(C)C)[Si](C)(C)C)/[Si](C)=[Si](\C)[Si](C(C)C)(C([Si](C)(C)C)[Si](C)(C)C)C([Si](C)(C)C)[Si](C)(C)C. The quantitative estimate of drug-likeness (QED) is 0.136. The summed E-state index contributed by atoms with van der Waals surface area (Å²) in [6.45, 7) is 87.1. The van der Waals surface area contributed by atoms with Crippen LogP contribution in [0.4, 0.5) is 0 Å². The predicted octanol–water partition coefficient (Wildman–Crippen LogP) is 14.7. The van der Waals surface area contributed by atoms with Crippen molar-refractivity contribution < 1.29 is 0 Å². The summed E-state index contributed by atoms with van der Waals surface area (Å²) in [5.74, 6) is 0. The molecule has 0 fully saturated rings. The summed E-state index contributed by atoms with van der Waals surface area (Å²) in [4.78, 5) is 4.53. The minimum absolute atomic E-state index is 0.589. The topological polar surface area (TPSA) is 0 Å². The molecule has 0 spiro atoms. The van der Waals surface area contributed by atoms with Gasteiger partial charge in [0.1, 0.15) is 0 Å². The van der Waals surface area contributed by atoms with Gasteiger partial charge in [-0.05, 0) is 14.8 Å². The van der Waals surface area contributed by atoms with Gasteiger partial charge in [0.05, 0.1) is 15.2 Å². The molecule has 0 aromatic rings. The molecular weight excluding hydrogens is 769 g/mol. The first kappa shape index (κ1) is 50.6. The highest BCUT2D eigenvalue weighted by molar-refractivity contribution is 7.63. The largest absolute Gasteiger partial charge is 0.0698 e. The Morgan fingerprint density at radius 3 is 0.417 bits per heavy atom. The van der Waals surface area contributed by atoms with Gasteiger partial charge in [0, 0.05) is 64.6 Å². The predicted molar refractivity (Wildman–Crippen MR) is 267 cm³/mol. The zero-order valence-electron chi connectivity index (χ0n) is 39.5. The van der Waals surface area contributed by atoms with E-state index in [0.717, 1.165) is 30.2 Å². The molecule has 0 atom stereocenters. The van der Waals surface area contributed by atoms with Crippen molar-refractivity contribution in [1.29, 1.82) is 0 Å². The first-order valence-electron chi connectivity index (χ1n) is 20.1. The molecule has 0 heterocycles. The Morgan fingerprint density at radius 1 is 0.250 bits per heavy atom. The Balaban J connectivity index is 9.95. The second kappa shape index (κ2) is 15.6. The summed E-state index contributed by atoms with van der Waals surface area (Å²) in [6, 6.07) is 0. The molecule has 0 aromatic heterocycles. The van der Waals surface area contributed by atoms with Crippen molar-refractivity contribution in [3.63, 3.8) is 0 Å². The van der Waals surface area contributed by atoms with Crippen molar-refractivity contribution in [3.05, 3.63) is 0 Å². The monoisotopic (exact) mass is 864 g/mol. The molecular formula is C36H96Si12. The van der Waals surface area contributed by atoms with Crippen LogP contribution in [-0.4, -0.2) is 94.6 Å². The molecule has 0 rings (SSSR count). The van der Waals surface area contributed by atoms with E-state index in [4.69, 9.17) is 0 Å². The van der Waals surface area contributed by atoms with E-state index in [0.29, 0.717) is 0 Å². The van der Waals surface area contributed by atoms with Gasteiger partial charge in [0.15, 0.2) is 0 Å². The van der Waals surface area contributed by atoms with E-state index in [1.165, 1.54) is 0 Å². The normalized spacial score (nSPS) is 16.8. The lowest BCUT2D eigenvalue weighted by Gasteiger charge is -2.66. The minimum atomic E-state index is -1.83. The molecule has 288 valence electrons. The van der Waals surface area contributed by atoms with Crippen LogP contribution < -0.4 is 0 Å². The molecule has 0 N–H and O–H groups in total. The average Bonchev–Trinajstić information content (AvgIpc) is 2.68. The van der Waals surface area contributed by atoms with Crippen molar-refractivity contribution >= 4 is 94.6 Å². The third kappa shape index (κ3) is 10.5. The lowest BCUT2D eigenvalue weighted by atomic mass is 10.6. The molecule has 0 aromatic carbocycles. The van der Waals surface area contributed by atoms with Gasteiger partial charge < -0.3 is 0 Å². The van der Waals surface area contributed by atoms with Crippen molar-refractivity contribution in [2.24, 2.45) is 0 Å². The maximum absolute atomic E-state index is 3.17. The van der Waals surface area contributed by atoms with Crippen LogP contribution in [0.15, 0.2) is 0 Å². The van der Waals surface area contributed by atoms with Crippen molar-refractivity contribution in [2.75, 3.05) is 0 Å². The van der Waals surface area contributed by atoms with E-state index in [9.17, 15) is 0 Å². The zero-order chi connectivity index (χ0) is 39.6. The highest BCUT2D eigenvalue weighted by atomic mass is 29.6. The Morgan fingerprint density at radius 2 is 0.354 bits per heavy atom. The molecule has 12 heteroatoms. The number of rotatable bonds is 16. The van der Waals surface area contributed by atoms with Crippen LogP contribution in [0, 0.1) is 0 Å². The van der Waals surface area contributed by atoms with Gasteiger partial charge >= 0.3 is 0 Å². The Kier molecular flexibility index (Phi) is 16.5. The molecule has 0 bridgehead atoms. The standard InChI is InChI=1S/C36H96Si12/c1-31(2)47(33(39(7,8)9)40(10,11)12,34(41(13,14)15)42(16,17)18)37(5)38(6)48(32(3)4,35(43(19,20)21)44(22,23)24)36(45(25,26)27)46(28,29)30/h31-36H,1-30H3/b38-37+. The Hall–Kier alpha value is 2.60. The van der Waals surface area contributed by atoms with Crippen LogP contribution >= 0.6 is 0 Å². The van der Waals surface area contributed by atoms with E-state index < -0.39 is 94.6 Å². The Labute approximate surface area is 320 Å². The summed E-state index contributed by atoms with van der Waals surface area (Å²) < 4.78 is 0. The van der Waals surface area contributed by atoms with Crippen LogP contribution in [0.1, 0.15) is 27.7 Å².